The molecule has 1 aliphatic heterocycles. The smallest absolute Gasteiger partial charge is 0.271 e. The molecule has 0 radical (unpaired) electrons. The maximum Gasteiger partial charge on any atom is 0.271 e. The summed E-state index contributed by atoms with van der Waals surface area (Å²) in [5.41, 5.74) is 5.65. The third kappa shape index (κ3) is 3.59. The number of pyridine rings is 1. The standard InChI is InChI=1S/C18H16N4O4/c23-15(20-21-16(24)12-5-3-9-19-11-12)8-4-10-22-17(25)13-6-1-2-7-14(13)18(22)26/h1-3,5-7,9,11H,4,8,10H2,(H,20,23)(H,21,24). The molecular weight excluding hydrogens is 336 g/mol. The van der Waals surface area contributed by atoms with E-state index in [0.29, 0.717) is 23.1 Å². The second-order valence-electron chi connectivity index (χ2n) is 5.66. The summed E-state index contributed by atoms with van der Waals surface area (Å²) in [6.45, 7) is 0.135. The van der Waals surface area contributed by atoms with Gasteiger partial charge in [-0.3, -0.25) is 39.9 Å². The third-order valence-electron chi connectivity index (χ3n) is 3.90. The molecule has 2 N–H and O–H groups in total. The van der Waals surface area contributed by atoms with Crippen LogP contribution in [0.2, 0.25) is 0 Å². The van der Waals surface area contributed by atoms with Gasteiger partial charge in [-0.05, 0) is 30.7 Å². The molecule has 26 heavy (non-hydrogen) atoms. The maximum atomic E-state index is 12.2. The summed E-state index contributed by atoms with van der Waals surface area (Å²) in [4.78, 5) is 52.9. The lowest BCUT2D eigenvalue weighted by molar-refractivity contribution is -0.122. The lowest BCUT2D eigenvalue weighted by Gasteiger charge is -2.13. The highest BCUT2D eigenvalue weighted by atomic mass is 16.2. The summed E-state index contributed by atoms with van der Waals surface area (Å²) in [6, 6.07) is 9.79. The Labute approximate surface area is 149 Å². The fourth-order valence-electron chi connectivity index (χ4n) is 2.60. The van der Waals surface area contributed by atoms with Gasteiger partial charge in [0.1, 0.15) is 0 Å². The molecule has 1 aliphatic rings. The minimum absolute atomic E-state index is 0.0563. The number of rotatable bonds is 5. The molecule has 0 saturated heterocycles. The number of imide groups is 1. The minimum atomic E-state index is -0.480. The second-order valence-corrected chi connectivity index (χ2v) is 5.66. The minimum Gasteiger partial charge on any atom is -0.274 e. The van der Waals surface area contributed by atoms with Gasteiger partial charge in [0.2, 0.25) is 5.91 Å². The van der Waals surface area contributed by atoms with E-state index >= 15 is 0 Å². The number of amides is 4. The number of nitrogens with zero attached hydrogens (tertiary/aromatic N) is 2. The molecule has 2 heterocycles. The molecule has 8 nitrogen and oxygen atoms in total. The summed E-state index contributed by atoms with van der Waals surface area (Å²) >= 11 is 0. The van der Waals surface area contributed by atoms with Crippen LogP contribution in [0.5, 0.6) is 0 Å². The van der Waals surface area contributed by atoms with E-state index in [2.05, 4.69) is 15.8 Å². The van der Waals surface area contributed by atoms with E-state index in [0.717, 1.165) is 4.90 Å². The SMILES string of the molecule is O=C(CCCN1C(=O)c2ccccc2C1=O)NNC(=O)c1cccnc1. The van der Waals surface area contributed by atoms with Crippen LogP contribution in [0.15, 0.2) is 48.8 Å². The first-order valence-corrected chi connectivity index (χ1v) is 8.02. The van der Waals surface area contributed by atoms with E-state index in [4.69, 9.17) is 0 Å². The van der Waals surface area contributed by atoms with Crippen molar-refractivity contribution in [1.29, 1.82) is 0 Å². The Hall–Kier alpha value is -3.55. The van der Waals surface area contributed by atoms with Crippen LogP contribution in [0.1, 0.15) is 43.9 Å². The van der Waals surface area contributed by atoms with Crippen LogP contribution in [-0.4, -0.2) is 40.1 Å². The molecule has 0 fully saturated rings. The molecule has 1 aromatic heterocycles. The van der Waals surface area contributed by atoms with Crippen molar-refractivity contribution in [3.8, 4) is 0 Å². The first-order valence-electron chi connectivity index (χ1n) is 8.02. The van der Waals surface area contributed by atoms with E-state index in [9.17, 15) is 19.2 Å². The van der Waals surface area contributed by atoms with Gasteiger partial charge in [0.05, 0.1) is 16.7 Å². The predicted molar refractivity (Wildman–Crippen MR) is 90.9 cm³/mol. The topological polar surface area (TPSA) is 108 Å². The zero-order valence-electron chi connectivity index (χ0n) is 13.8. The van der Waals surface area contributed by atoms with E-state index in [1.807, 2.05) is 0 Å². The number of hydrazine groups is 1. The molecule has 8 heteroatoms. The number of fused-ring (bicyclic) bond motifs is 1. The van der Waals surface area contributed by atoms with Gasteiger partial charge in [-0.1, -0.05) is 12.1 Å². The monoisotopic (exact) mass is 352 g/mol. The fraction of sp³-hybridized carbons (Fsp3) is 0.167. The van der Waals surface area contributed by atoms with Crippen LogP contribution < -0.4 is 10.9 Å². The van der Waals surface area contributed by atoms with E-state index in [-0.39, 0.29) is 24.8 Å². The van der Waals surface area contributed by atoms with Crippen molar-refractivity contribution in [3.63, 3.8) is 0 Å². The quantitative estimate of drug-likeness (QED) is 0.614. The Bertz CT molecular complexity index is 832. The summed E-state index contributed by atoms with van der Waals surface area (Å²) in [5, 5.41) is 0. The van der Waals surface area contributed by atoms with Crippen molar-refractivity contribution in [2.45, 2.75) is 12.8 Å². The van der Waals surface area contributed by atoms with Crippen LogP contribution in [-0.2, 0) is 4.79 Å². The highest BCUT2D eigenvalue weighted by Crippen LogP contribution is 2.22. The summed E-state index contributed by atoms with van der Waals surface area (Å²) in [5.74, 6) is -1.60. The number of aromatic nitrogens is 1. The second kappa shape index (κ2) is 7.56. The molecule has 0 bridgehead atoms. The van der Waals surface area contributed by atoms with E-state index < -0.39 is 11.8 Å². The van der Waals surface area contributed by atoms with Crippen molar-refractivity contribution in [3.05, 3.63) is 65.5 Å². The summed E-state index contributed by atoms with van der Waals surface area (Å²) in [7, 11) is 0. The van der Waals surface area contributed by atoms with Gasteiger partial charge in [-0.25, -0.2) is 0 Å². The Kier molecular flexibility index (Phi) is 5.02. The van der Waals surface area contributed by atoms with Crippen molar-refractivity contribution in [2.75, 3.05) is 6.54 Å². The average Bonchev–Trinajstić information content (AvgIpc) is 2.92. The van der Waals surface area contributed by atoms with Gasteiger partial charge < -0.3 is 0 Å². The Morgan fingerprint density at radius 1 is 0.962 bits per heavy atom. The molecule has 2 aromatic rings. The van der Waals surface area contributed by atoms with Gasteiger partial charge in [-0.2, -0.15) is 0 Å². The number of nitrogens with one attached hydrogen (secondary N) is 2. The number of carbonyl (C=O) groups is 4. The first kappa shape index (κ1) is 17.3. The van der Waals surface area contributed by atoms with Crippen molar-refractivity contribution < 1.29 is 19.2 Å². The normalized spacial score (nSPS) is 12.7. The Morgan fingerprint density at radius 2 is 1.65 bits per heavy atom. The summed E-state index contributed by atoms with van der Waals surface area (Å²) < 4.78 is 0. The van der Waals surface area contributed by atoms with E-state index in [1.165, 1.54) is 12.4 Å². The van der Waals surface area contributed by atoms with Crippen LogP contribution in [0.25, 0.3) is 0 Å². The molecule has 0 atom stereocenters. The summed E-state index contributed by atoms with van der Waals surface area (Å²) in [6.07, 6.45) is 3.26. The molecule has 1 aromatic carbocycles. The largest absolute Gasteiger partial charge is 0.274 e. The molecule has 3 rings (SSSR count). The van der Waals surface area contributed by atoms with Crippen LogP contribution in [0.3, 0.4) is 0 Å². The van der Waals surface area contributed by atoms with Crippen molar-refractivity contribution in [1.82, 2.24) is 20.7 Å². The molecule has 0 spiro atoms. The van der Waals surface area contributed by atoms with Crippen molar-refractivity contribution in [2.24, 2.45) is 0 Å². The van der Waals surface area contributed by atoms with Gasteiger partial charge in [0.25, 0.3) is 17.7 Å². The Balaban J connectivity index is 1.44. The fourth-order valence-corrected chi connectivity index (χ4v) is 2.60. The predicted octanol–water partition coefficient (Wildman–Crippen LogP) is 0.919. The molecule has 0 unspecified atom stereocenters. The highest BCUT2D eigenvalue weighted by Gasteiger charge is 2.34. The van der Waals surface area contributed by atoms with E-state index in [1.54, 1.807) is 36.4 Å². The highest BCUT2D eigenvalue weighted by molar-refractivity contribution is 6.21. The van der Waals surface area contributed by atoms with Crippen LogP contribution in [0, 0.1) is 0 Å². The number of carbonyl (C=O) groups excluding carboxylic acids is 4. The lowest BCUT2D eigenvalue weighted by Crippen LogP contribution is -2.42. The molecule has 0 saturated carbocycles. The molecule has 132 valence electrons. The molecular formula is C18H16N4O4. The lowest BCUT2D eigenvalue weighted by atomic mass is 10.1. The van der Waals surface area contributed by atoms with Gasteiger partial charge >= 0.3 is 0 Å². The van der Waals surface area contributed by atoms with Crippen LogP contribution in [0.4, 0.5) is 0 Å². The first-order chi connectivity index (χ1) is 12.6. The average molecular weight is 352 g/mol. The zero-order valence-corrected chi connectivity index (χ0v) is 13.8. The maximum absolute atomic E-state index is 12.2. The van der Waals surface area contributed by atoms with Gasteiger partial charge in [0, 0.05) is 25.4 Å². The third-order valence-corrected chi connectivity index (χ3v) is 3.90. The molecule has 0 aliphatic carbocycles. The zero-order chi connectivity index (χ0) is 18.5. The van der Waals surface area contributed by atoms with Crippen LogP contribution >= 0.6 is 0 Å². The number of hydrogen-bond acceptors (Lipinski definition) is 5. The Morgan fingerprint density at radius 3 is 2.27 bits per heavy atom. The van der Waals surface area contributed by atoms with Gasteiger partial charge in [0.15, 0.2) is 0 Å². The van der Waals surface area contributed by atoms with Crippen molar-refractivity contribution >= 4 is 23.6 Å². The number of benzene rings is 1. The molecule has 4 amide bonds. The van der Waals surface area contributed by atoms with Gasteiger partial charge in [-0.15, -0.1) is 0 Å². The number of hydrogen-bond donors (Lipinski definition) is 2.